The van der Waals surface area contributed by atoms with E-state index in [-0.39, 0.29) is 12.0 Å². The molecular formula is C7H4F2N2. The van der Waals surface area contributed by atoms with E-state index in [0.29, 0.717) is 0 Å². The van der Waals surface area contributed by atoms with Gasteiger partial charge in [-0.3, -0.25) is 0 Å². The third-order valence-corrected chi connectivity index (χ3v) is 1.17. The van der Waals surface area contributed by atoms with E-state index in [1.165, 1.54) is 0 Å². The number of pyridine rings is 1. The van der Waals surface area contributed by atoms with Crippen molar-refractivity contribution in [3.63, 3.8) is 0 Å². The smallest absolute Gasteiger partial charge is 0.213 e. The molecule has 0 fully saturated rings. The van der Waals surface area contributed by atoms with Crippen molar-refractivity contribution in [1.82, 2.24) is 4.98 Å². The van der Waals surface area contributed by atoms with Crippen LogP contribution in [0.4, 0.5) is 8.78 Å². The first-order valence-electron chi connectivity index (χ1n) is 2.91. The van der Waals surface area contributed by atoms with Crippen LogP contribution in [-0.2, 0) is 6.42 Å². The van der Waals surface area contributed by atoms with Gasteiger partial charge >= 0.3 is 0 Å². The summed E-state index contributed by atoms with van der Waals surface area (Å²) in [6.45, 7) is 0. The maximum Gasteiger partial charge on any atom is 0.213 e. The molecule has 0 aromatic carbocycles. The summed E-state index contributed by atoms with van der Waals surface area (Å²) in [5.74, 6) is -1.41. The molecule has 0 radical (unpaired) electrons. The molecule has 4 heteroatoms. The van der Waals surface area contributed by atoms with Crippen molar-refractivity contribution in [1.29, 1.82) is 5.26 Å². The number of rotatable bonds is 1. The summed E-state index contributed by atoms with van der Waals surface area (Å²) in [6.07, 6.45) is 0.632. The van der Waals surface area contributed by atoms with Gasteiger partial charge in [0.2, 0.25) is 5.95 Å². The highest BCUT2D eigenvalue weighted by Crippen LogP contribution is 2.06. The molecule has 0 unspecified atom stereocenters. The molecule has 0 N–H and O–H groups in total. The number of nitriles is 1. The minimum Gasteiger partial charge on any atom is -0.225 e. The maximum absolute atomic E-state index is 12.6. The van der Waals surface area contributed by atoms with Crippen LogP contribution in [0, 0.1) is 23.1 Å². The molecule has 0 aliphatic carbocycles. The van der Waals surface area contributed by atoms with Crippen LogP contribution in [0.2, 0.25) is 0 Å². The Hall–Kier alpha value is -1.50. The molecule has 56 valence electrons. The predicted octanol–water partition coefficient (Wildman–Crippen LogP) is 1.43. The minimum atomic E-state index is -0.767. The van der Waals surface area contributed by atoms with Gasteiger partial charge in [0.25, 0.3) is 0 Å². The quantitative estimate of drug-likeness (QED) is 0.573. The molecule has 1 rings (SSSR count). The lowest BCUT2D eigenvalue weighted by atomic mass is 10.2. The van der Waals surface area contributed by atoms with Gasteiger partial charge in [-0.25, -0.2) is 9.37 Å². The predicted molar refractivity (Wildman–Crippen MR) is 33.5 cm³/mol. The number of aromatic nitrogens is 1. The van der Waals surface area contributed by atoms with Crippen LogP contribution in [0.25, 0.3) is 0 Å². The second-order valence-electron chi connectivity index (χ2n) is 1.93. The Morgan fingerprint density at radius 2 is 2.27 bits per heavy atom. The number of nitrogens with zero attached hydrogens (tertiary/aromatic N) is 2. The lowest BCUT2D eigenvalue weighted by molar-refractivity contribution is 0.552. The van der Waals surface area contributed by atoms with Crippen LogP contribution >= 0.6 is 0 Å². The number of halogens is 2. The summed E-state index contributed by atoms with van der Waals surface area (Å²) in [4.78, 5) is 3.07. The average molecular weight is 154 g/mol. The minimum absolute atomic E-state index is 0.0417. The molecule has 0 spiro atoms. The van der Waals surface area contributed by atoms with E-state index in [2.05, 4.69) is 4.98 Å². The van der Waals surface area contributed by atoms with Crippen molar-refractivity contribution in [2.24, 2.45) is 0 Å². The van der Waals surface area contributed by atoms with Gasteiger partial charge in [0.1, 0.15) is 5.82 Å². The standard InChI is InChI=1S/C7H4F2N2/c8-6-4-11-7(9)3-5(6)1-2-10/h3-4H,1H2. The molecule has 0 aliphatic heterocycles. The van der Waals surface area contributed by atoms with Crippen molar-refractivity contribution in [3.8, 4) is 6.07 Å². The van der Waals surface area contributed by atoms with E-state index in [0.717, 1.165) is 12.3 Å². The zero-order valence-corrected chi connectivity index (χ0v) is 5.51. The fourth-order valence-corrected chi connectivity index (χ4v) is 0.672. The van der Waals surface area contributed by atoms with Gasteiger partial charge in [-0.15, -0.1) is 0 Å². The van der Waals surface area contributed by atoms with E-state index in [9.17, 15) is 8.78 Å². The molecule has 1 aromatic rings. The van der Waals surface area contributed by atoms with Crippen molar-refractivity contribution in [2.75, 3.05) is 0 Å². The lowest BCUT2D eigenvalue weighted by Gasteiger charge is -1.94. The Morgan fingerprint density at radius 3 is 2.91 bits per heavy atom. The number of hydrogen-bond donors (Lipinski definition) is 0. The van der Waals surface area contributed by atoms with E-state index >= 15 is 0 Å². The zero-order valence-electron chi connectivity index (χ0n) is 5.51. The number of hydrogen-bond acceptors (Lipinski definition) is 2. The molecule has 0 aliphatic rings. The van der Waals surface area contributed by atoms with E-state index in [1.54, 1.807) is 6.07 Å². The molecule has 11 heavy (non-hydrogen) atoms. The zero-order chi connectivity index (χ0) is 8.27. The highest BCUT2D eigenvalue weighted by atomic mass is 19.1. The second-order valence-corrected chi connectivity index (χ2v) is 1.93. The van der Waals surface area contributed by atoms with Gasteiger partial charge in [-0.1, -0.05) is 0 Å². The van der Waals surface area contributed by atoms with Crippen molar-refractivity contribution < 1.29 is 8.78 Å². The molecular weight excluding hydrogens is 150 g/mol. The third kappa shape index (κ3) is 1.71. The summed E-state index contributed by atoms with van der Waals surface area (Å²) < 4.78 is 24.9. The Bertz CT molecular complexity index is 304. The van der Waals surface area contributed by atoms with Crippen LogP contribution in [-0.4, -0.2) is 4.98 Å². The van der Waals surface area contributed by atoms with Crippen LogP contribution in [0.15, 0.2) is 12.3 Å². The molecule has 1 heterocycles. The van der Waals surface area contributed by atoms with Gasteiger partial charge in [0.15, 0.2) is 0 Å². The summed E-state index contributed by atoms with van der Waals surface area (Å²) in [5, 5.41) is 8.18. The van der Waals surface area contributed by atoms with Crippen LogP contribution in [0.1, 0.15) is 5.56 Å². The van der Waals surface area contributed by atoms with Crippen LogP contribution in [0.3, 0.4) is 0 Å². The van der Waals surface area contributed by atoms with E-state index in [1.807, 2.05) is 0 Å². The Kier molecular flexibility index (Phi) is 2.12. The van der Waals surface area contributed by atoms with Gasteiger partial charge < -0.3 is 0 Å². The van der Waals surface area contributed by atoms with Gasteiger partial charge in [-0.2, -0.15) is 9.65 Å². The highest BCUT2D eigenvalue weighted by molar-refractivity contribution is 5.16. The fraction of sp³-hybridized carbons (Fsp3) is 0.143. The summed E-state index contributed by atoms with van der Waals surface area (Å²) in [6, 6.07) is 2.63. The molecule has 1 aromatic heterocycles. The molecule has 2 nitrogen and oxygen atoms in total. The molecule has 0 amide bonds. The second kappa shape index (κ2) is 3.06. The molecule has 0 saturated heterocycles. The topological polar surface area (TPSA) is 36.7 Å². The highest BCUT2D eigenvalue weighted by Gasteiger charge is 2.02. The first-order chi connectivity index (χ1) is 5.24. The summed E-state index contributed by atoms with van der Waals surface area (Å²) in [5.41, 5.74) is 0.0417. The van der Waals surface area contributed by atoms with Crippen molar-refractivity contribution in [2.45, 2.75) is 6.42 Å². The maximum atomic E-state index is 12.6. The lowest BCUT2D eigenvalue weighted by Crippen LogP contribution is -1.92. The summed E-state index contributed by atoms with van der Waals surface area (Å²) in [7, 11) is 0. The van der Waals surface area contributed by atoms with Gasteiger partial charge in [-0.05, 0) is 0 Å². The molecule has 0 bridgehead atoms. The Labute approximate surface area is 62.1 Å². The largest absolute Gasteiger partial charge is 0.225 e. The van der Waals surface area contributed by atoms with Crippen molar-refractivity contribution >= 4 is 0 Å². The molecule has 0 saturated carbocycles. The SMILES string of the molecule is N#CCc1cc(F)ncc1F. The fourth-order valence-electron chi connectivity index (χ4n) is 0.672. The first kappa shape index (κ1) is 7.61. The Morgan fingerprint density at radius 1 is 1.55 bits per heavy atom. The normalized spacial score (nSPS) is 9.18. The van der Waals surface area contributed by atoms with E-state index in [4.69, 9.17) is 5.26 Å². The van der Waals surface area contributed by atoms with E-state index < -0.39 is 11.8 Å². The monoisotopic (exact) mass is 154 g/mol. The van der Waals surface area contributed by atoms with Gasteiger partial charge in [0, 0.05) is 11.6 Å². The third-order valence-electron chi connectivity index (χ3n) is 1.17. The average Bonchev–Trinajstić information content (AvgIpc) is 1.98. The first-order valence-corrected chi connectivity index (χ1v) is 2.91. The van der Waals surface area contributed by atoms with Crippen LogP contribution < -0.4 is 0 Å². The van der Waals surface area contributed by atoms with Crippen molar-refractivity contribution in [3.05, 3.63) is 29.6 Å². The van der Waals surface area contributed by atoms with Crippen LogP contribution in [0.5, 0.6) is 0 Å². The Balaban J connectivity index is 3.05. The molecule has 0 atom stereocenters. The van der Waals surface area contributed by atoms with Gasteiger partial charge in [0.05, 0.1) is 18.7 Å². The summed E-state index contributed by atoms with van der Waals surface area (Å²) >= 11 is 0.